The smallest absolute Gasteiger partial charge is 0.154 e. The zero-order chi connectivity index (χ0) is 7.72. The maximum atomic E-state index is 12.8. The van der Waals surface area contributed by atoms with Gasteiger partial charge in [-0.15, -0.1) is 0 Å². The van der Waals surface area contributed by atoms with Crippen molar-refractivity contribution in [2.45, 2.75) is 44.8 Å². The van der Waals surface area contributed by atoms with Gasteiger partial charge in [0.15, 0.2) is 6.17 Å². The fourth-order valence-corrected chi connectivity index (χ4v) is 1.25. The van der Waals surface area contributed by atoms with Crippen LogP contribution in [0, 0.1) is 0 Å². The van der Waals surface area contributed by atoms with Gasteiger partial charge in [-0.05, 0) is 13.3 Å². The van der Waals surface area contributed by atoms with Crippen molar-refractivity contribution in [3.05, 3.63) is 0 Å². The second-order valence-corrected chi connectivity index (χ2v) is 2.72. The number of ether oxygens (including phenoxy) is 1. The lowest BCUT2D eigenvalue weighted by atomic mass is 10.1. The molecule has 0 aliphatic carbocycles. The average molecular weight is 148 g/mol. The summed E-state index contributed by atoms with van der Waals surface area (Å²) >= 11 is 0. The normalized spacial score (nSPS) is 48.0. The zero-order valence-electron chi connectivity index (χ0n) is 6.25. The highest BCUT2D eigenvalue weighted by Gasteiger charge is 2.40. The number of hydrogen-bond donors (Lipinski definition) is 1. The lowest BCUT2D eigenvalue weighted by Gasteiger charge is -2.09. The number of aliphatic hydroxyl groups is 1. The minimum atomic E-state index is -1.20. The van der Waals surface area contributed by atoms with Crippen molar-refractivity contribution < 1.29 is 14.2 Å². The van der Waals surface area contributed by atoms with Gasteiger partial charge >= 0.3 is 0 Å². The predicted octanol–water partition coefficient (Wildman–Crippen LogP) is 0.883. The molecule has 1 saturated heterocycles. The molecule has 3 heteroatoms. The second-order valence-electron chi connectivity index (χ2n) is 2.72. The Bertz CT molecular complexity index is 118. The molecule has 1 aliphatic heterocycles. The minimum Gasteiger partial charge on any atom is -0.387 e. The van der Waals surface area contributed by atoms with Gasteiger partial charge in [0.2, 0.25) is 0 Å². The Morgan fingerprint density at radius 2 is 2.20 bits per heavy atom. The van der Waals surface area contributed by atoms with Crippen LogP contribution in [0.15, 0.2) is 0 Å². The topological polar surface area (TPSA) is 29.5 Å². The van der Waals surface area contributed by atoms with Gasteiger partial charge < -0.3 is 9.84 Å². The van der Waals surface area contributed by atoms with E-state index in [-0.39, 0.29) is 6.10 Å². The van der Waals surface area contributed by atoms with Crippen LogP contribution in [-0.4, -0.2) is 29.6 Å². The van der Waals surface area contributed by atoms with Crippen LogP contribution < -0.4 is 0 Å². The van der Waals surface area contributed by atoms with Crippen molar-refractivity contribution in [3.8, 4) is 0 Å². The number of aliphatic hydroxyl groups excluding tert-OH is 1. The van der Waals surface area contributed by atoms with Gasteiger partial charge in [-0.25, -0.2) is 4.39 Å². The van der Waals surface area contributed by atoms with E-state index in [9.17, 15) is 4.39 Å². The molecule has 1 N–H and O–H groups in total. The molecule has 1 heterocycles. The summed E-state index contributed by atoms with van der Waals surface area (Å²) in [5, 5.41) is 9.13. The number of hydrogen-bond acceptors (Lipinski definition) is 2. The quantitative estimate of drug-likeness (QED) is 0.598. The van der Waals surface area contributed by atoms with E-state index in [1.807, 2.05) is 6.92 Å². The second kappa shape index (κ2) is 2.84. The molecule has 2 nitrogen and oxygen atoms in total. The molecule has 0 saturated carbocycles. The summed E-state index contributed by atoms with van der Waals surface area (Å²) in [5.74, 6) is 0. The van der Waals surface area contributed by atoms with Gasteiger partial charge in [-0.1, -0.05) is 6.92 Å². The molecule has 0 aromatic heterocycles. The molecule has 0 spiro atoms. The summed E-state index contributed by atoms with van der Waals surface area (Å²) in [6.07, 6.45) is -2.19. The van der Waals surface area contributed by atoms with Gasteiger partial charge in [0.1, 0.15) is 6.10 Å². The van der Waals surface area contributed by atoms with Crippen molar-refractivity contribution in [1.29, 1.82) is 0 Å². The van der Waals surface area contributed by atoms with E-state index in [0.29, 0.717) is 6.42 Å². The SMILES string of the molecule is CC[C@H]1O[C@@H](C)C(F)[C@H]1O. The van der Waals surface area contributed by atoms with Crippen molar-refractivity contribution in [2.75, 3.05) is 0 Å². The number of halogens is 1. The van der Waals surface area contributed by atoms with Crippen LogP contribution in [0.1, 0.15) is 20.3 Å². The summed E-state index contributed by atoms with van der Waals surface area (Å²) in [5.41, 5.74) is 0. The van der Waals surface area contributed by atoms with Crippen LogP contribution in [0.2, 0.25) is 0 Å². The van der Waals surface area contributed by atoms with E-state index in [0.717, 1.165) is 0 Å². The molecule has 4 atom stereocenters. The Morgan fingerprint density at radius 1 is 1.60 bits per heavy atom. The summed E-state index contributed by atoms with van der Waals surface area (Å²) < 4.78 is 17.9. The molecule has 1 unspecified atom stereocenters. The van der Waals surface area contributed by atoms with E-state index < -0.39 is 18.4 Å². The van der Waals surface area contributed by atoms with Crippen LogP contribution >= 0.6 is 0 Å². The highest BCUT2D eigenvalue weighted by molar-refractivity contribution is 4.87. The first-order chi connectivity index (χ1) is 4.66. The lowest BCUT2D eigenvalue weighted by Crippen LogP contribution is -2.27. The lowest BCUT2D eigenvalue weighted by molar-refractivity contribution is 0.0144. The van der Waals surface area contributed by atoms with Crippen molar-refractivity contribution >= 4 is 0 Å². The van der Waals surface area contributed by atoms with Crippen LogP contribution in [0.3, 0.4) is 0 Å². The van der Waals surface area contributed by atoms with E-state index >= 15 is 0 Å². The molecule has 0 radical (unpaired) electrons. The van der Waals surface area contributed by atoms with Gasteiger partial charge in [0.05, 0.1) is 12.2 Å². The van der Waals surface area contributed by atoms with Crippen molar-refractivity contribution in [3.63, 3.8) is 0 Å². The average Bonchev–Trinajstić information content (AvgIpc) is 2.17. The number of rotatable bonds is 1. The third-order valence-corrected chi connectivity index (χ3v) is 1.95. The molecule has 60 valence electrons. The fraction of sp³-hybridized carbons (Fsp3) is 1.00. The zero-order valence-corrected chi connectivity index (χ0v) is 6.25. The van der Waals surface area contributed by atoms with Crippen molar-refractivity contribution in [2.24, 2.45) is 0 Å². The maximum absolute atomic E-state index is 12.8. The monoisotopic (exact) mass is 148 g/mol. The van der Waals surface area contributed by atoms with Gasteiger partial charge in [0, 0.05) is 0 Å². The maximum Gasteiger partial charge on any atom is 0.154 e. The van der Waals surface area contributed by atoms with Gasteiger partial charge in [-0.2, -0.15) is 0 Å². The Hall–Kier alpha value is -0.150. The Labute approximate surface area is 60.0 Å². The Balaban J connectivity index is 2.53. The van der Waals surface area contributed by atoms with Crippen LogP contribution in [0.5, 0.6) is 0 Å². The third-order valence-electron chi connectivity index (χ3n) is 1.95. The van der Waals surface area contributed by atoms with Crippen molar-refractivity contribution in [1.82, 2.24) is 0 Å². The molecule has 1 rings (SSSR count). The van der Waals surface area contributed by atoms with Crippen LogP contribution in [0.25, 0.3) is 0 Å². The molecule has 1 fully saturated rings. The first-order valence-electron chi connectivity index (χ1n) is 3.64. The molecule has 0 amide bonds. The molecule has 0 aromatic rings. The molecular formula is C7H13FO2. The summed E-state index contributed by atoms with van der Waals surface area (Å²) in [6.45, 7) is 3.52. The highest BCUT2D eigenvalue weighted by Crippen LogP contribution is 2.25. The van der Waals surface area contributed by atoms with E-state index in [1.165, 1.54) is 0 Å². The van der Waals surface area contributed by atoms with E-state index in [1.54, 1.807) is 6.92 Å². The van der Waals surface area contributed by atoms with Crippen LogP contribution in [0.4, 0.5) is 4.39 Å². The number of alkyl halides is 1. The first kappa shape index (κ1) is 7.95. The summed E-state index contributed by atoms with van der Waals surface area (Å²) in [6, 6.07) is 0. The molecular weight excluding hydrogens is 135 g/mol. The molecule has 0 aromatic carbocycles. The molecule has 10 heavy (non-hydrogen) atoms. The minimum absolute atomic E-state index is 0.301. The van der Waals surface area contributed by atoms with Gasteiger partial charge in [0.25, 0.3) is 0 Å². The summed E-state index contributed by atoms with van der Waals surface area (Å²) in [4.78, 5) is 0. The Morgan fingerprint density at radius 3 is 2.40 bits per heavy atom. The largest absolute Gasteiger partial charge is 0.387 e. The van der Waals surface area contributed by atoms with Crippen LogP contribution in [-0.2, 0) is 4.74 Å². The first-order valence-corrected chi connectivity index (χ1v) is 3.64. The molecule has 1 aliphatic rings. The Kier molecular flexibility index (Phi) is 2.26. The fourth-order valence-electron chi connectivity index (χ4n) is 1.25. The highest BCUT2D eigenvalue weighted by atomic mass is 19.1. The molecule has 0 bridgehead atoms. The van der Waals surface area contributed by atoms with Gasteiger partial charge in [-0.3, -0.25) is 0 Å². The van der Waals surface area contributed by atoms with E-state index in [2.05, 4.69) is 0 Å². The summed E-state index contributed by atoms with van der Waals surface area (Å²) in [7, 11) is 0. The van der Waals surface area contributed by atoms with E-state index in [4.69, 9.17) is 9.84 Å². The standard InChI is InChI=1S/C7H13FO2/c1-3-5-7(9)6(8)4(2)10-5/h4-7,9H,3H2,1-2H3/t4-,5+,6?,7-/m0/s1. The third kappa shape index (κ3) is 1.16. The predicted molar refractivity (Wildman–Crippen MR) is 35.5 cm³/mol.